The fraction of sp³-hybridized carbons (Fsp3) is 0.192. The molecule has 7 nitrogen and oxygen atoms in total. The van der Waals surface area contributed by atoms with Gasteiger partial charge in [-0.25, -0.2) is 4.39 Å². The Morgan fingerprint density at radius 1 is 0.946 bits per heavy atom. The number of carbonyl (C=O) groups excluding carboxylic acids is 1. The minimum Gasteiger partial charge on any atom is -0.497 e. The first-order valence-electron chi connectivity index (χ1n) is 11.1. The number of Topliss-reactive ketones (excluding diaryl/α,β-unsaturated/α-hetero) is 1. The van der Waals surface area contributed by atoms with Crippen LogP contribution in [-0.2, 0) is 6.61 Å². The molecule has 0 bridgehead atoms. The number of methoxy groups -OCH3 is 1. The third kappa shape index (κ3) is 6.42. The number of hydrogen-bond acceptors (Lipinski definition) is 7. The molecular formula is C26H22F3N3O4S. The Hall–Kier alpha value is -3.99. The van der Waals surface area contributed by atoms with Crippen LogP contribution in [-0.4, -0.2) is 39.5 Å². The van der Waals surface area contributed by atoms with E-state index in [1.54, 1.807) is 56.5 Å². The molecule has 1 atom stereocenters. The molecule has 0 saturated carbocycles. The minimum atomic E-state index is -2.95. The van der Waals surface area contributed by atoms with Gasteiger partial charge in [0.25, 0.3) is 0 Å². The average Bonchev–Trinajstić information content (AvgIpc) is 3.29. The number of ketones is 1. The number of aromatic nitrogens is 3. The first-order valence-corrected chi connectivity index (χ1v) is 12.0. The molecule has 4 aromatic rings. The van der Waals surface area contributed by atoms with E-state index >= 15 is 0 Å². The second-order valence-corrected chi connectivity index (χ2v) is 8.98. The predicted molar refractivity (Wildman–Crippen MR) is 131 cm³/mol. The summed E-state index contributed by atoms with van der Waals surface area (Å²) in [5, 5.41) is 8.02. The van der Waals surface area contributed by atoms with Gasteiger partial charge in [0.05, 0.1) is 18.0 Å². The first kappa shape index (κ1) is 26.1. The van der Waals surface area contributed by atoms with E-state index in [-0.39, 0.29) is 29.0 Å². The summed E-state index contributed by atoms with van der Waals surface area (Å²) in [4.78, 5) is 13.0. The lowest BCUT2D eigenvalue weighted by Gasteiger charge is -2.14. The molecule has 0 aliphatic heterocycles. The number of alkyl halides is 2. The van der Waals surface area contributed by atoms with Gasteiger partial charge in [0.2, 0.25) is 0 Å². The predicted octanol–water partition coefficient (Wildman–Crippen LogP) is 5.96. The summed E-state index contributed by atoms with van der Waals surface area (Å²) < 4.78 is 56.4. The van der Waals surface area contributed by atoms with Gasteiger partial charge in [-0.2, -0.15) is 8.78 Å². The highest BCUT2D eigenvalue weighted by molar-refractivity contribution is 8.00. The number of ether oxygens (including phenoxy) is 3. The highest BCUT2D eigenvalue weighted by Crippen LogP contribution is 2.30. The summed E-state index contributed by atoms with van der Waals surface area (Å²) in [7, 11) is 1.56. The van der Waals surface area contributed by atoms with Gasteiger partial charge in [-0.3, -0.25) is 9.36 Å². The molecule has 1 heterocycles. The minimum absolute atomic E-state index is 0.0118. The Morgan fingerprint density at radius 3 is 2.24 bits per heavy atom. The monoisotopic (exact) mass is 529 g/mol. The van der Waals surface area contributed by atoms with E-state index < -0.39 is 17.7 Å². The van der Waals surface area contributed by atoms with E-state index in [1.165, 1.54) is 34.9 Å². The van der Waals surface area contributed by atoms with Crippen LogP contribution in [0.2, 0.25) is 0 Å². The van der Waals surface area contributed by atoms with Crippen LogP contribution in [0.3, 0.4) is 0 Å². The molecule has 0 N–H and O–H groups in total. The van der Waals surface area contributed by atoms with Crippen LogP contribution in [0.25, 0.3) is 5.69 Å². The summed E-state index contributed by atoms with van der Waals surface area (Å²) >= 11 is 1.09. The zero-order valence-corrected chi connectivity index (χ0v) is 20.6. The lowest BCUT2D eigenvalue weighted by atomic mass is 10.1. The quantitative estimate of drug-likeness (QED) is 0.175. The van der Waals surface area contributed by atoms with Crippen molar-refractivity contribution in [2.45, 2.75) is 30.5 Å². The zero-order chi connectivity index (χ0) is 26.4. The summed E-state index contributed by atoms with van der Waals surface area (Å²) in [6.07, 6.45) is 0. The summed E-state index contributed by atoms with van der Waals surface area (Å²) in [5.41, 5.74) is 0.512. The number of nitrogens with zero attached hydrogens (tertiary/aromatic N) is 3. The van der Waals surface area contributed by atoms with Crippen molar-refractivity contribution < 1.29 is 32.2 Å². The van der Waals surface area contributed by atoms with Crippen LogP contribution in [0.1, 0.15) is 23.1 Å². The van der Waals surface area contributed by atoms with Gasteiger partial charge in [0.15, 0.2) is 16.8 Å². The maximum atomic E-state index is 14.8. The second kappa shape index (κ2) is 11.8. The van der Waals surface area contributed by atoms with Gasteiger partial charge in [-0.05, 0) is 67.6 Å². The molecule has 3 aromatic carbocycles. The maximum absolute atomic E-state index is 14.8. The van der Waals surface area contributed by atoms with Crippen molar-refractivity contribution in [3.63, 3.8) is 0 Å². The lowest BCUT2D eigenvalue weighted by molar-refractivity contribution is -0.0498. The third-order valence-corrected chi connectivity index (χ3v) is 6.28. The summed E-state index contributed by atoms with van der Waals surface area (Å²) in [5.74, 6) is 0.747. The standard InChI is InChI=1S/C26H22F3N3O4S/c1-16(24(33)17-7-9-20(10-8-17)36-25(28)29)37-26-31-30-23(32(26)22-6-4-3-5-21(22)27)15-35-19-13-11-18(34-2)12-14-19/h3-14,16,25H,15H2,1-2H3/t16-/m1/s1. The van der Waals surface area contributed by atoms with Crippen LogP contribution in [0.15, 0.2) is 78.0 Å². The van der Waals surface area contributed by atoms with Crippen molar-refractivity contribution in [1.82, 2.24) is 14.8 Å². The average molecular weight is 530 g/mol. The first-order chi connectivity index (χ1) is 17.9. The molecule has 0 aliphatic carbocycles. The fourth-order valence-corrected chi connectivity index (χ4v) is 4.37. The molecule has 0 unspecified atom stereocenters. The number of halogens is 3. The largest absolute Gasteiger partial charge is 0.497 e. The van der Waals surface area contributed by atoms with Crippen molar-refractivity contribution >= 4 is 17.5 Å². The topological polar surface area (TPSA) is 75.5 Å². The Balaban J connectivity index is 1.56. The van der Waals surface area contributed by atoms with Crippen molar-refractivity contribution in [1.29, 1.82) is 0 Å². The number of carbonyl (C=O) groups is 1. The van der Waals surface area contributed by atoms with E-state index in [4.69, 9.17) is 9.47 Å². The summed E-state index contributed by atoms with van der Waals surface area (Å²) in [6.45, 7) is -1.30. The number of para-hydroxylation sites is 1. The van der Waals surface area contributed by atoms with Crippen LogP contribution >= 0.6 is 11.8 Å². The molecular weight excluding hydrogens is 507 g/mol. The maximum Gasteiger partial charge on any atom is 0.387 e. The highest BCUT2D eigenvalue weighted by atomic mass is 32.2. The normalized spacial score (nSPS) is 11.8. The molecule has 0 saturated heterocycles. The van der Waals surface area contributed by atoms with Crippen molar-refractivity contribution in [2.24, 2.45) is 0 Å². The van der Waals surface area contributed by atoms with E-state index in [9.17, 15) is 18.0 Å². The van der Waals surface area contributed by atoms with E-state index in [0.717, 1.165) is 11.8 Å². The van der Waals surface area contributed by atoms with Gasteiger partial charge < -0.3 is 14.2 Å². The lowest BCUT2D eigenvalue weighted by Crippen LogP contribution is -2.15. The van der Waals surface area contributed by atoms with Crippen LogP contribution in [0.5, 0.6) is 17.2 Å². The van der Waals surface area contributed by atoms with E-state index in [0.29, 0.717) is 22.9 Å². The number of rotatable bonds is 11. The third-order valence-electron chi connectivity index (χ3n) is 5.24. The molecule has 0 amide bonds. The Morgan fingerprint density at radius 2 is 1.59 bits per heavy atom. The van der Waals surface area contributed by atoms with Gasteiger partial charge >= 0.3 is 6.61 Å². The molecule has 0 radical (unpaired) electrons. The van der Waals surface area contributed by atoms with Crippen LogP contribution in [0, 0.1) is 5.82 Å². The molecule has 4 rings (SSSR count). The van der Waals surface area contributed by atoms with Crippen molar-refractivity contribution in [3.05, 3.63) is 90.0 Å². The van der Waals surface area contributed by atoms with Gasteiger partial charge in [-0.1, -0.05) is 23.9 Å². The van der Waals surface area contributed by atoms with Gasteiger partial charge in [-0.15, -0.1) is 10.2 Å². The molecule has 192 valence electrons. The van der Waals surface area contributed by atoms with Crippen molar-refractivity contribution in [2.75, 3.05) is 7.11 Å². The molecule has 37 heavy (non-hydrogen) atoms. The second-order valence-electron chi connectivity index (χ2n) is 7.68. The molecule has 0 fully saturated rings. The number of hydrogen-bond donors (Lipinski definition) is 0. The smallest absolute Gasteiger partial charge is 0.387 e. The molecule has 0 aliphatic rings. The SMILES string of the molecule is COc1ccc(OCc2nnc(S[C@H](C)C(=O)c3ccc(OC(F)F)cc3)n2-c2ccccc2F)cc1. The number of thioether (sulfide) groups is 1. The van der Waals surface area contributed by atoms with Gasteiger partial charge in [0, 0.05) is 5.56 Å². The Labute approximate surface area is 215 Å². The van der Waals surface area contributed by atoms with Crippen LogP contribution in [0.4, 0.5) is 13.2 Å². The van der Waals surface area contributed by atoms with E-state index in [2.05, 4.69) is 14.9 Å². The number of benzene rings is 3. The van der Waals surface area contributed by atoms with Crippen molar-refractivity contribution in [3.8, 4) is 22.9 Å². The van der Waals surface area contributed by atoms with Gasteiger partial charge in [0.1, 0.15) is 29.7 Å². The summed E-state index contributed by atoms with van der Waals surface area (Å²) in [6, 6.07) is 18.5. The van der Waals surface area contributed by atoms with Crippen LogP contribution < -0.4 is 14.2 Å². The molecule has 1 aromatic heterocycles. The van der Waals surface area contributed by atoms with E-state index in [1.807, 2.05) is 0 Å². The molecule has 0 spiro atoms. The fourth-order valence-electron chi connectivity index (χ4n) is 3.41. The Bertz CT molecular complexity index is 1350. The highest BCUT2D eigenvalue weighted by Gasteiger charge is 2.24. The Kier molecular flexibility index (Phi) is 8.34. The zero-order valence-electron chi connectivity index (χ0n) is 19.8. The molecule has 11 heteroatoms.